The number of anilines is 1. The highest BCUT2D eigenvalue weighted by molar-refractivity contribution is 7.98. The summed E-state index contributed by atoms with van der Waals surface area (Å²) in [5.74, 6) is 4.29. The van der Waals surface area contributed by atoms with Crippen molar-refractivity contribution in [2.75, 3.05) is 5.73 Å². The first-order valence-corrected chi connectivity index (χ1v) is 6.77. The van der Waals surface area contributed by atoms with Gasteiger partial charge in [-0.1, -0.05) is 11.8 Å². The van der Waals surface area contributed by atoms with Crippen LogP contribution in [0.4, 0.5) is 10.2 Å². The van der Waals surface area contributed by atoms with E-state index in [9.17, 15) is 14.0 Å². The number of aromatic amines is 1. The van der Waals surface area contributed by atoms with Gasteiger partial charge in [-0.3, -0.25) is 15.0 Å². The molecule has 0 spiro atoms. The second kappa shape index (κ2) is 6.37. The number of nitrogen functional groups attached to an aromatic ring is 2. The Morgan fingerprint density at radius 1 is 1.43 bits per heavy atom. The van der Waals surface area contributed by atoms with Gasteiger partial charge in [-0.25, -0.2) is 15.2 Å². The van der Waals surface area contributed by atoms with Crippen molar-refractivity contribution in [3.63, 3.8) is 0 Å². The summed E-state index contributed by atoms with van der Waals surface area (Å²) >= 11 is 1.09. The summed E-state index contributed by atoms with van der Waals surface area (Å²) in [4.78, 5) is 29.0. The normalized spacial score (nSPS) is 10.4. The van der Waals surface area contributed by atoms with Crippen molar-refractivity contribution in [1.82, 2.24) is 15.4 Å². The van der Waals surface area contributed by atoms with Crippen LogP contribution in [-0.4, -0.2) is 15.9 Å². The Morgan fingerprint density at radius 3 is 2.86 bits per heavy atom. The van der Waals surface area contributed by atoms with Gasteiger partial charge in [-0.2, -0.15) is 0 Å². The lowest BCUT2D eigenvalue weighted by atomic mass is 10.1. The van der Waals surface area contributed by atoms with E-state index in [4.69, 9.17) is 11.6 Å². The van der Waals surface area contributed by atoms with Gasteiger partial charge >= 0.3 is 0 Å². The Morgan fingerprint density at radius 2 is 2.19 bits per heavy atom. The van der Waals surface area contributed by atoms with Gasteiger partial charge in [0, 0.05) is 17.4 Å². The number of aromatic nitrogens is 2. The number of halogens is 1. The molecule has 1 aromatic heterocycles. The summed E-state index contributed by atoms with van der Waals surface area (Å²) < 4.78 is 13.7. The van der Waals surface area contributed by atoms with Crippen LogP contribution in [0.15, 0.2) is 34.2 Å². The molecule has 2 aromatic rings. The minimum absolute atomic E-state index is 0.0815. The van der Waals surface area contributed by atoms with Crippen molar-refractivity contribution >= 4 is 23.5 Å². The lowest BCUT2D eigenvalue weighted by Crippen LogP contribution is -2.30. The van der Waals surface area contributed by atoms with E-state index in [1.165, 1.54) is 18.2 Å². The molecule has 1 aromatic carbocycles. The van der Waals surface area contributed by atoms with Gasteiger partial charge in [0.15, 0.2) is 5.16 Å². The number of hydrazine groups is 1. The Hall–Kier alpha value is -2.39. The molecule has 1 heterocycles. The lowest BCUT2D eigenvalue weighted by molar-refractivity contribution is 0.0953. The predicted molar refractivity (Wildman–Crippen MR) is 76.9 cm³/mol. The van der Waals surface area contributed by atoms with Crippen LogP contribution in [0.25, 0.3) is 0 Å². The first kappa shape index (κ1) is 15.0. The van der Waals surface area contributed by atoms with Gasteiger partial charge in [0.1, 0.15) is 11.6 Å². The zero-order valence-corrected chi connectivity index (χ0v) is 11.5. The van der Waals surface area contributed by atoms with Crippen LogP contribution in [0.3, 0.4) is 0 Å². The molecule has 2 rings (SSSR count). The van der Waals surface area contributed by atoms with Crippen molar-refractivity contribution in [2.45, 2.75) is 10.9 Å². The maximum atomic E-state index is 13.7. The fourth-order valence-corrected chi connectivity index (χ4v) is 2.43. The largest absolute Gasteiger partial charge is 0.383 e. The number of amides is 1. The smallest absolute Gasteiger partial charge is 0.265 e. The number of thioether (sulfide) groups is 1. The summed E-state index contributed by atoms with van der Waals surface area (Å²) in [5, 5.41) is 0.271. The Bertz CT molecular complexity index is 734. The van der Waals surface area contributed by atoms with Crippen LogP contribution < -0.4 is 22.6 Å². The second-order valence-corrected chi connectivity index (χ2v) is 5.01. The fourth-order valence-electron chi connectivity index (χ4n) is 1.58. The first-order valence-electron chi connectivity index (χ1n) is 5.78. The number of H-pyrrole nitrogens is 1. The number of carbonyl (C=O) groups is 1. The van der Waals surface area contributed by atoms with Gasteiger partial charge in [0.2, 0.25) is 0 Å². The lowest BCUT2D eigenvalue weighted by Gasteiger charge is -2.06. The molecular weight excluding hydrogens is 297 g/mol. The molecule has 7 nitrogen and oxygen atoms in total. The summed E-state index contributed by atoms with van der Waals surface area (Å²) in [6, 6.07) is 5.04. The summed E-state index contributed by atoms with van der Waals surface area (Å²) in [7, 11) is 0. The van der Waals surface area contributed by atoms with Crippen LogP contribution in [0.2, 0.25) is 0 Å². The zero-order chi connectivity index (χ0) is 15.4. The SMILES string of the molecule is NNC(=O)c1ccc(F)c(CSc2nc(N)cc(=O)[nH]2)c1. The van der Waals surface area contributed by atoms with Crippen molar-refractivity contribution < 1.29 is 9.18 Å². The van der Waals surface area contributed by atoms with Crippen molar-refractivity contribution in [3.05, 3.63) is 51.6 Å². The quantitative estimate of drug-likeness (QED) is 0.213. The number of carbonyl (C=O) groups excluding carboxylic acids is 1. The van der Waals surface area contributed by atoms with Crippen LogP contribution in [0.5, 0.6) is 0 Å². The van der Waals surface area contributed by atoms with Gasteiger partial charge < -0.3 is 10.7 Å². The topological polar surface area (TPSA) is 127 Å². The summed E-state index contributed by atoms with van der Waals surface area (Å²) in [6.07, 6.45) is 0. The molecule has 21 heavy (non-hydrogen) atoms. The molecule has 0 aliphatic carbocycles. The number of nitrogens with two attached hydrogens (primary N) is 2. The molecule has 0 unspecified atom stereocenters. The maximum absolute atomic E-state index is 13.7. The van der Waals surface area contributed by atoms with E-state index in [2.05, 4.69) is 9.97 Å². The summed E-state index contributed by atoms with van der Waals surface area (Å²) in [5.41, 5.74) is 7.56. The number of hydrogen-bond donors (Lipinski definition) is 4. The zero-order valence-electron chi connectivity index (χ0n) is 10.7. The van der Waals surface area contributed by atoms with E-state index in [0.717, 1.165) is 17.8 Å². The number of rotatable bonds is 4. The number of nitrogens with zero attached hydrogens (tertiary/aromatic N) is 1. The molecule has 110 valence electrons. The highest BCUT2D eigenvalue weighted by Crippen LogP contribution is 2.21. The third kappa shape index (κ3) is 3.80. The molecule has 0 saturated heterocycles. The average Bonchev–Trinajstić information content (AvgIpc) is 2.44. The minimum atomic E-state index is -0.517. The third-order valence-electron chi connectivity index (χ3n) is 2.54. The molecular formula is C12H12FN5O2S. The fraction of sp³-hybridized carbons (Fsp3) is 0.0833. The predicted octanol–water partition coefficient (Wildman–Crippen LogP) is 0.387. The van der Waals surface area contributed by atoms with Gasteiger partial charge in [0.25, 0.3) is 11.5 Å². The van der Waals surface area contributed by atoms with Gasteiger partial charge in [-0.05, 0) is 23.8 Å². The maximum Gasteiger partial charge on any atom is 0.265 e. The monoisotopic (exact) mass is 309 g/mol. The molecule has 0 atom stereocenters. The Kier molecular flexibility index (Phi) is 4.55. The van der Waals surface area contributed by atoms with E-state index in [0.29, 0.717) is 0 Å². The Balaban J connectivity index is 2.19. The highest BCUT2D eigenvalue weighted by Gasteiger charge is 2.10. The number of hydrogen-bond acceptors (Lipinski definition) is 6. The highest BCUT2D eigenvalue weighted by atomic mass is 32.2. The van der Waals surface area contributed by atoms with Crippen LogP contribution in [0.1, 0.15) is 15.9 Å². The average molecular weight is 309 g/mol. The second-order valence-electron chi connectivity index (χ2n) is 4.04. The molecule has 0 fully saturated rings. The summed E-state index contributed by atoms with van der Waals surface area (Å²) in [6.45, 7) is 0. The molecule has 0 bridgehead atoms. The van der Waals surface area contributed by atoms with Crippen LogP contribution >= 0.6 is 11.8 Å². The van der Waals surface area contributed by atoms with E-state index in [1.54, 1.807) is 0 Å². The molecule has 0 saturated carbocycles. The molecule has 0 aliphatic heterocycles. The number of benzene rings is 1. The van der Waals surface area contributed by atoms with E-state index >= 15 is 0 Å². The Labute approximate surface area is 122 Å². The van der Waals surface area contributed by atoms with E-state index < -0.39 is 11.7 Å². The van der Waals surface area contributed by atoms with Crippen LogP contribution in [-0.2, 0) is 5.75 Å². The molecule has 0 aliphatic rings. The van der Waals surface area contributed by atoms with E-state index in [-0.39, 0.29) is 33.4 Å². The van der Waals surface area contributed by atoms with Gasteiger partial charge in [-0.15, -0.1) is 0 Å². The minimum Gasteiger partial charge on any atom is -0.383 e. The third-order valence-corrected chi connectivity index (χ3v) is 3.47. The van der Waals surface area contributed by atoms with Crippen LogP contribution in [0, 0.1) is 5.82 Å². The molecule has 1 amide bonds. The molecule has 9 heteroatoms. The van der Waals surface area contributed by atoms with Crippen molar-refractivity contribution in [1.29, 1.82) is 0 Å². The van der Waals surface area contributed by atoms with Gasteiger partial charge in [0.05, 0.1) is 0 Å². The first-order chi connectivity index (χ1) is 9.99. The van der Waals surface area contributed by atoms with Crippen molar-refractivity contribution in [2.24, 2.45) is 5.84 Å². The van der Waals surface area contributed by atoms with E-state index in [1.807, 2.05) is 5.43 Å². The van der Waals surface area contributed by atoms with Crippen molar-refractivity contribution in [3.8, 4) is 0 Å². The number of nitrogens with one attached hydrogen (secondary N) is 2. The standard InChI is InChI=1S/C12H12FN5O2S/c13-8-2-1-6(11(20)18-15)3-7(8)5-21-12-16-9(14)4-10(19)17-12/h1-4H,5,15H2,(H,18,20)(H3,14,16,17,19). The molecule has 0 radical (unpaired) electrons. The molecule has 6 N–H and O–H groups in total.